The van der Waals surface area contributed by atoms with E-state index in [0.29, 0.717) is 19.4 Å². The molecule has 2 rings (SSSR count). The number of hydrogen-bond donors (Lipinski definition) is 13. The van der Waals surface area contributed by atoms with Crippen LogP contribution in [0.2, 0.25) is 0 Å². The van der Waals surface area contributed by atoms with Crippen LogP contribution >= 0.6 is 0 Å². The van der Waals surface area contributed by atoms with Crippen molar-refractivity contribution in [3.05, 3.63) is 36.0 Å². The average molecular weight is 1060 g/mol. The molecule has 23 nitrogen and oxygen atoms in total. The fourth-order valence-corrected chi connectivity index (χ4v) is 8.21. The molecule has 0 saturated heterocycles. The summed E-state index contributed by atoms with van der Waals surface area (Å²) in [6, 6.07) is -2.29. The average Bonchev–Trinajstić information content (AvgIpc) is 3.73. The molecule has 0 saturated carbocycles. The van der Waals surface area contributed by atoms with Crippen LogP contribution < -0.4 is 54.0 Å². The normalized spacial score (nSPS) is 14.7. The van der Waals surface area contributed by atoms with Crippen LogP contribution in [0, 0.1) is 29.6 Å². The van der Waals surface area contributed by atoms with E-state index in [9.17, 15) is 58.2 Å². The molecule has 0 spiro atoms. The minimum Gasteiger partial charge on any atom is -0.481 e. The smallest absolute Gasteiger partial charge is 0.326 e. The number of unbranched alkanes of at least 4 members (excludes halogenated alkanes) is 1. The third-order valence-corrected chi connectivity index (χ3v) is 12.2. The second-order valence-electron chi connectivity index (χ2n) is 21.2. The molecular formula is C52H85N11O12. The molecule has 420 valence electrons. The summed E-state index contributed by atoms with van der Waals surface area (Å²) in [7, 11) is 0. The first-order valence-corrected chi connectivity index (χ1v) is 26.0. The van der Waals surface area contributed by atoms with Crippen LogP contribution in [0.1, 0.15) is 126 Å². The minimum atomic E-state index is -1.39. The summed E-state index contributed by atoms with van der Waals surface area (Å²) in [4.78, 5) is 136. The summed E-state index contributed by atoms with van der Waals surface area (Å²) >= 11 is 0. The van der Waals surface area contributed by atoms with Crippen molar-refractivity contribution < 1.29 is 58.2 Å². The fourth-order valence-electron chi connectivity index (χ4n) is 8.21. The predicted molar refractivity (Wildman–Crippen MR) is 282 cm³/mol. The van der Waals surface area contributed by atoms with E-state index in [1.807, 2.05) is 52.0 Å². The fraction of sp³-hybridized carbons (Fsp3) is 0.654. The van der Waals surface area contributed by atoms with Crippen molar-refractivity contribution in [2.75, 3.05) is 13.1 Å². The van der Waals surface area contributed by atoms with Crippen LogP contribution in [0.3, 0.4) is 0 Å². The van der Waals surface area contributed by atoms with Crippen molar-refractivity contribution in [3.8, 4) is 0 Å². The Kier molecular flexibility index (Phi) is 27.5. The van der Waals surface area contributed by atoms with E-state index in [1.54, 1.807) is 47.7 Å². The highest BCUT2D eigenvalue weighted by atomic mass is 16.4. The SMILES string of the molecule is CC(C)C[C@H](NC(=O)[C@H](CCCCN)NC(=O)CNC(=O)[C@H](CC(C)C)NC(=O)[C@@H](NC(=O)[C@@H](NC(=O)[C@H](CC(C)C)NC(=O)[C@H](CCC(=O)O)NC(=O)[C@@H](N)Cc1c[nH]c2ccccc12)C(C)C)C(C)C)C(=O)O. The Labute approximate surface area is 440 Å². The van der Waals surface area contributed by atoms with E-state index >= 15 is 0 Å². The van der Waals surface area contributed by atoms with Crippen molar-refractivity contribution in [3.63, 3.8) is 0 Å². The number of aromatic nitrogens is 1. The summed E-state index contributed by atoms with van der Waals surface area (Å²) < 4.78 is 0. The van der Waals surface area contributed by atoms with Gasteiger partial charge in [0.15, 0.2) is 0 Å². The van der Waals surface area contributed by atoms with Gasteiger partial charge in [0.1, 0.15) is 42.3 Å². The Bertz CT molecular complexity index is 2250. The molecule has 0 unspecified atom stereocenters. The lowest BCUT2D eigenvalue weighted by Gasteiger charge is -2.30. The van der Waals surface area contributed by atoms with Crippen LogP contribution in [0.5, 0.6) is 0 Å². The third kappa shape index (κ3) is 22.8. The van der Waals surface area contributed by atoms with Gasteiger partial charge in [-0.3, -0.25) is 43.2 Å². The standard InChI is InChI=1S/C52H85N11O12/c1-27(2)21-38(46(68)56-26-41(64)57-36(17-13-14-20-53)47(69)61-40(52(74)75)23-29(5)6)60-50(72)43(30(7)8)63-51(73)44(31(9)10)62-49(71)39(22-28(3)4)59-48(70)37(18-19-42(65)66)58-45(67)34(54)24-32-25-55-35-16-12-11-15-33(32)35/h11-12,15-16,25,27-31,34,36-40,43-44,55H,13-14,17-24,26,53-54H2,1-10H3,(H,56,68)(H,57,64)(H,58,67)(H,59,70)(H,60,72)(H,61,69)(H,62,71)(H,63,73)(H,65,66)(H,74,75)/t34-,36-,37-,38-,39-,40-,43-,44-/m0/s1. The number of hydrogen-bond acceptors (Lipinski definition) is 12. The molecule has 15 N–H and O–H groups in total. The number of H-pyrrole nitrogens is 1. The zero-order valence-electron chi connectivity index (χ0n) is 45.3. The van der Waals surface area contributed by atoms with E-state index < -0.39 is 132 Å². The number of para-hydroxylation sites is 1. The number of rotatable bonds is 34. The Balaban J connectivity index is 2.22. The molecule has 2 aromatic rings. The number of aliphatic carboxylic acids is 2. The molecule has 0 fully saturated rings. The van der Waals surface area contributed by atoms with Crippen LogP contribution in [-0.4, -0.2) is 136 Å². The maximum atomic E-state index is 14.1. The monoisotopic (exact) mass is 1060 g/mol. The van der Waals surface area contributed by atoms with Crippen molar-refractivity contribution in [1.29, 1.82) is 0 Å². The molecule has 0 radical (unpaired) electrons. The summed E-state index contributed by atoms with van der Waals surface area (Å²) in [6.07, 6.45) is 2.54. The molecule has 23 heteroatoms. The van der Waals surface area contributed by atoms with Crippen LogP contribution in [0.4, 0.5) is 0 Å². The zero-order chi connectivity index (χ0) is 56.7. The molecule has 0 aliphatic carbocycles. The highest BCUT2D eigenvalue weighted by molar-refractivity contribution is 5.98. The van der Waals surface area contributed by atoms with Gasteiger partial charge in [0.25, 0.3) is 0 Å². The Morgan fingerprint density at radius 2 is 1.01 bits per heavy atom. The number of carbonyl (C=O) groups is 10. The Morgan fingerprint density at radius 3 is 1.55 bits per heavy atom. The van der Waals surface area contributed by atoms with Gasteiger partial charge in [-0.05, 0) is 99.1 Å². The first-order chi connectivity index (χ1) is 35.1. The number of carboxylic acids is 2. The van der Waals surface area contributed by atoms with Crippen molar-refractivity contribution in [2.45, 2.75) is 175 Å². The molecule has 1 heterocycles. The van der Waals surface area contributed by atoms with E-state index in [0.717, 1.165) is 16.5 Å². The first-order valence-electron chi connectivity index (χ1n) is 26.0. The van der Waals surface area contributed by atoms with Crippen LogP contribution in [0.15, 0.2) is 30.5 Å². The molecule has 8 amide bonds. The van der Waals surface area contributed by atoms with Gasteiger partial charge in [0.05, 0.1) is 12.6 Å². The van der Waals surface area contributed by atoms with Gasteiger partial charge in [0, 0.05) is 23.5 Å². The second kappa shape index (κ2) is 32.0. The molecule has 1 aromatic carbocycles. The molecule has 0 aliphatic heterocycles. The van der Waals surface area contributed by atoms with Crippen molar-refractivity contribution in [1.82, 2.24) is 47.5 Å². The minimum absolute atomic E-state index is 0.0439. The topological polar surface area (TPSA) is 375 Å². The van der Waals surface area contributed by atoms with Gasteiger partial charge >= 0.3 is 11.9 Å². The predicted octanol–water partition coefficient (Wildman–Crippen LogP) is 1.08. The lowest BCUT2D eigenvalue weighted by atomic mass is 9.97. The van der Waals surface area contributed by atoms with Gasteiger partial charge < -0.3 is 69.2 Å². The van der Waals surface area contributed by atoms with Gasteiger partial charge in [0.2, 0.25) is 47.3 Å². The number of amides is 8. The number of nitrogens with one attached hydrogen (secondary N) is 9. The number of nitrogens with two attached hydrogens (primary N) is 2. The van der Waals surface area contributed by atoms with E-state index in [1.165, 1.54) is 0 Å². The number of carboxylic acid groups (broad SMARTS) is 2. The quantitative estimate of drug-likeness (QED) is 0.0437. The highest BCUT2D eigenvalue weighted by Crippen LogP contribution is 2.19. The van der Waals surface area contributed by atoms with Gasteiger partial charge in [-0.25, -0.2) is 4.79 Å². The highest BCUT2D eigenvalue weighted by Gasteiger charge is 2.36. The van der Waals surface area contributed by atoms with Crippen molar-refractivity contribution in [2.24, 2.45) is 41.1 Å². The molecule has 1 aromatic heterocycles. The number of benzene rings is 1. The molecule has 0 bridgehead atoms. The lowest BCUT2D eigenvalue weighted by molar-refractivity contribution is -0.142. The summed E-state index contributed by atoms with van der Waals surface area (Å²) in [6.45, 7) is 17.3. The molecule has 0 aliphatic rings. The number of carbonyl (C=O) groups excluding carboxylic acids is 8. The van der Waals surface area contributed by atoms with Crippen LogP contribution in [-0.2, 0) is 54.4 Å². The molecular weight excluding hydrogens is 971 g/mol. The van der Waals surface area contributed by atoms with Gasteiger partial charge in [-0.15, -0.1) is 0 Å². The first kappa shape index (κ1) is 64.5. The molecule has 8 atom stereocenters. The number of aromatic amines is 1. The van der Waals surface area contributed by atoms with Gasteiger partial charge in [-0.2, -0.15) is 0 Å². The van der Waals surface area contributed by atoms with E-state index in [4.69, 9.17) is 11.5 Å². The maximum Gasteiger partial charge on any atom is 0.326 e. The number of fused-ring (bicyclic) bond motifs is 1. The van der Waals surface area contributed by atoms with E-state index in [-0.39, 0.29) is 56.3 Å². The largest absolute Gasteiger partial charge is 0.481 e. The van der Waals surface area contributed by atoms with E-state index in [2.05, 4.69) is 47.5 Å². The molecule has 75 heavy (non-hydrogen) atoms. The Morgan fingerprint density at radius 1 is 0.547 bits per heavy atom. The lowest BCUT2D eigenvalue weighted by Crippen LogP contribution is -2.61. The summed E-state index contributed by atoms with van der Waals surface area (Å²) in [5.41, 5.74) is 13.5. The van der Waals surface area contributed by atoms with Crippen molar-refractivity contribution >= 4 is 70.1 Å². The summed E-state index contributed by atoms with van der Waals surface area (Å²) in [5.74, 6) is -9.87. The summed E-state index contributed by atoms with van der Waals surface area (Å²) in [5, 5.41) is 40.9. The maximum absolute atomic E-state index is 14.1. The third-order valence-electron chi connectivity index (χ3n) is 12.2. The second-order valence-corrected chi connectivity index (χ2v) is 21.2. The van der Waals surface area contributed by atoms with Crippen LogP contribution in [0.25, 0.3) is 10.9 Å². The van der Waals surface area contributed by atoms with Gasteiger partial charge in [-0.1, -0.05) is 87.4 Å². The Hall–Kier alpha value is -6.62. The zero-order valence-corrected chi connectivity index (χ0v) is 45.3.